The van der Waals surface area contributed by atoms with Crippen LogP contribution in [0.3, 0.4) is 0 Å². The Morgan fingerprint density at radius 2 is 1.91 bits per heavy atom. The highest BCUT2D eigenvalue weighted by Crippen LogP contribution is 2.32. The number of benzene rings is 2. The van der Waals surface area contributed by atoms with E-state index in [0.29, 0.717) is 11.4 Å². The molecule has 0 aliphatic heterocycles. The molecule has 0 spiro atoms. The molecule has 2 aromatic heterocycles. The number of carboxylic acids is 1. The van der Waals surface area contributed by atoms with Crippen molar-refractivity contribution in [3.8, 4) is 10.6 Å². The van der Waals surface area contributed by atoms with E-state index in [1.165, 1.54) is 18.3 Å². The van der Waals surface area contributed by atoms with Crippen molar-refractivity contribution in [2.75, 3.05) is 5.32 Å². The zero-order valence-corrected chi connectivity index (χ0v) is 19.3. The van der Waals surface area contributed by atoms with E-state index in [1.54, 1.807) is 6.20 Å². The van der Waals surface area contributed by atoms with Gasteiger partial charge in [0.05, 0.1) is 16.7 Å². The van der Waals surface area contributed by atoms with Crippen molar-refractivity contribution in [2.45, 2.75) is 26.4 Å². The van der Waals surface area contributed by atoms with Gasteiger partial charge < -0.3 is 10.4 Å². The summed E-state index contributed by atoms with van der Waals surface area (Å²) in [5, 5.41) is 28.8. The zero-order valence-electron chi connectivity index (χ0n) is 17.7. The molecule has 0 atom stereocenters. The van der Waals surface area contributed by atoms with Crippen LogP contribution in [0.25, 0.3) is 21.5 Å². The number of aromatic nitrogens is 4. The lowest BCUT2D eigenvalue weighted by atomic mass is 10.1. The Labute approximate surface area is 199 Å². The van der Waals surface area contributed by atoms with Crippen LogP contribution in [0.4, 0.5) is 18.9 Å². The molecule has 0 bridgehead atoms. The van der Waals surface area contributed by atoms with Gasteiger partial charge in [0.25, 0.3) is 0 Å². The van der Waals surface area contributed by atoms with Crippen LogP contribution >= 0.6 is 22.9 Å². The molecule has 13 heteroatoms. The Morgan fingerprint density at radius 1 is 1.21 bits per heavy atom. The minimum Gasteiger partial charge on any atom is -0.475 e. The fourth-order valence-electron chi connectivity index (χ4n) is 2.89. The van der Waals surface area contributed by atoms with E-state index in [2.05, 4.69) is 25.7 Å². The van der Waals surface area contributed by atoms with Crippen LogP contribution < -0.4 is 5.32 Å². The van der Waals surface area contributed by atoms with Crippen molar-refractivity contribution >= 4 is 51.4 Å². The molecule has 0 aliphatic rings. The van der Waals surface area contributed by atoms with Gasteiger partial charge in [0.2, 0.25) is 5.91 Å². The van der Waals surface area contributed by atoms with Gasteiger partial charge in [0, 0.05) is 30.0 Å². The number of H-pyrrole nitrogens is 1. The second-order valence-corrected chi connectivity index (χ2v) is 8.50. The van der Waals surface area contributed by atoms with E-state index >= 15 is 0 Å². The van der Waals surface area contributed by atoms with Gasteiger partial charge in [-0.2, -0.15) is 18.3 Å². The van der Waals surface area contributed by atoms with E-state index < -0.39 is 12.1 Å². The standard InChI is InChI=1S/C19H16ClN5OS.C2HF3O2/c1-10-3-5-13(22-11(2)26)8-14(10)19-25-24-17(27-19)7-12-4-6-16-15(18(12)20)9-21-23-16;3-2(4,5)1(6)7/h3-6,8-9H,7H2,1-2H3,(H,21,23)(H,22,26);(H,6,7). The zero-order chi connectivity index (χ0) is 25.0. The fraction of sp³-hybridized carbons (Fsp3) is 0.190. The summed E-state index contributed by atoms with van der Waals surface area (Å²) < 4.78 is 31.7. The summed E-state index contributed by atoms with van der Waals surface area (Å²) in [6.45, 7) is 3.50. The Hall–Kier alpha value is -3.51. The average Bonchev–Trinajstić information content (AvgIpc) is 3.41. The molecule has 4 aromatic rings. The third kappa shape index (κ3) is 6.08. The van der Waals surface area contributed by atoms with Crippen LogP contribution in [-0.4, -0.2) is 43.6 Å². The summed E-state index contributed by atoms with van der Waals surface area (Å²) >= 11 is 8.03. The first-order valence-electron chi connectivity index (χ1n) is 9.57. The summed E-state index contributed by atoms with van der Waals surface area (Å²) in [6.07, 6.45) is -2.76. The van der Waals surface area contributed by atoms with Crippen molar-refractivity contribution in [3.63, 3.8) is 0 Å². The molecule has 178 valence electrons. The number of rotatable bonds is 4. The number of halogens is 4. The minimum atomic E-state index is -5.08. The second-order valence-electron chi connectivity index (χ2n) is 7.06. The molecular weight excluding hydrogens is 495 g/mol. The molecule has 3 N–H and O–H groups in total. The normalized spacial score (nSPS) is 11.1. The van der Waals surface area contributed by atoms with E-state index in [9.17, 15) is 18.0 Å². The van der Waals surface area contributed by atoms with E-state index in [4.69, 9.17) is 21.5 Å². The van der Waals surface area contributed by atoms with Crippen LogP contribution in [-0.2, 0) is 16.0 Å². The van der Waals surface area contributed by atoms with Gasteiger partial charge in [-0.15, -0.1) is 10.2 Å². The van der Waals surface area contributed by atoms with Crippen molar-refractivity contribution in [1.82, 2.24) is 20.4 Å². The molecule has 2 aromatic carbocycles. The third-order valence-corrected chi connectivity index (χ3v) is 5.88. The van der Waals surface area contributed by atoms with E-state index in [0.717, 1.165) is 43.3 Å². The quantitative estimate of drug-likeness (QED) is 0.345. The lowest BCUT2D eigenvalue weighted by Crippen LogP contribution is -2.21. The van der Waals surface area contributed by atoms with Gasteiger partial charge in [-0.1, -0.05) is 35.1 Å². The van der Waals surface area contributed by atoms with Crippen molar-refractivity contribution in [1.29, 1.82) is 0 Å². The maximum Gasteiger partial charge on any atom is 0.490 e. The maximum absolute atomic E-state index is 11.3. The Balaban J connectivity index is 0.000000406. The number of aliphatic carboxylic acids is 1. The summed E-state index contributed by atoms with van der Waals surface area (Å²) in [4.78, 5) is 20.2. The van der Waals surface area contributed by atoms with E-state index in [-0.39, 0.29) is 5.91 Å². The van der Waals surface area contributed by atoms with Gasteiger partial charge in [-0.05, 0) is 36.2 Å². The molecule has 4 rings (SSSR count). The lowest BCUT2D eigenvalue weighted by Gasteiger charge is -2.06. The van der Waals surface area contributed by atoms with Crippen molar-refractivity contribution < 1.29 is 27.9 Å². The maximum atomic E-state index is 11.3. The molecular formula is C21H17ClF3N5O3S. The molecule has 0 radical (unpaired) electrons. The second kappa shape index (κ2) is 10.2. The van der Waals surface area contributed by atoms with Gasteiger partial charge in [0.15, 0.2) is 0 Å². The summed E-state index contributed by atoms with van der Waals surface area (Å²) in [6, 6.07) is 9.71. The van der Waals surface area contributed by atoms with Gasteiger partial charge in [0.1, 0.15) is 10.0 Å². The smallest absolute Gasteiger partial charge is 0.475 e. The first-order chi connectivity index (χ1) is 16.0. The molecule has 0 saturated heterocycles. The van der Waals surface area contributed by atoms with Crippen LogP contribution in [0, 0.1) is 6.92 Å². The number of fused-ring (bicyclic) bond motifs is 1. The molecule has 0 fully saturated rings. The highest BCUT2D eigenvalue weighted by molar-refractivity contribution is 7.14. The predicted molar refractivity (Wildman–Crippen MR) is 122 cm³/mol. The highest BCUT2D eigenvalue weighted by atomic mass is 35.5. The summed E-state index contributed by atoms with van der Waals surface area (Å²) in [5.74, 6) is -2.86. The number of carbonyl (C=O) groups is 2. The molecule has 0 aliphatic carbocycles. The number of carboxylic acid groups (broad SMARTS) is 1. The topological polar surface area (TPSA) is 121 Å². The summed E-state index contributed by atoms with van der Waals surface area (Å²) in [7, 11) is 0. The van der Waals surface area contributed by atoms with Crippen molar-refractivity contribution in [2.24, 2.45) is 0 Å². The molecule has 0 unspecified atom stereocenters. The monoisotopic (exact) mass is 511 g/mol. The highest BCUT2D eigenvalue weighted by Gasteiger charge is 2.38. The Kier molecular flexibility index (Phi) is 7.52. The number of anilines is 1. The lowest BCUT2D eigenvalue weighted by molar-refractivity contribution is -0.192. The fourth-order valence-corrected chi connectivity index (χ4v) is 4.12. The first-order valence-corrected chi connectivity index (χ1v) is 10.8. The number of nitrogens with one attached hydrogen (secondary N) is 2. The van der Waals surface area contributed by atoms with E-state index in [1.807, 2.05) is 37.3 Å². The number of nitrogens with zero attached hydrogens (tertiary/aromatic N) is 3. The number of hydrogen-bond donors (Lipinski definition) is 3. The van der Waals surface area contributed by atoms with Gasteiger partial charge >= 0.3 is 12.1 Å². The first kappa shape index (κ1) is 25.1. The summed E-state index contributed by atoms with van der Waals surface area (Å²) in [5.41, 5.74) is 4.67. The molecule has 1 amide bonds. The number of aromatic amines is 1. The van der Waals surface area contributed by atoms with Crippen LogP contribution in [0.15, 0.2) is 36.5 Å². The molecule has 0 saturated carbocycles. The average molecular weight is 512 g/mol. The Bertz CT molecular complexity index is 1350. The van der Waals surface area contributed by atoms with Crippen LogP contribution in [0.2, 0.25) is 5.02 Å². The van der Waals surface area contributed by atoms with Gasteiger partial charge in [-0.25, -0.2) is 4.79 Å². The number of hydrogen-bond acceptors (Lipinski definition) is 6. The minimum absolute atomic E-state index is 0.105. The number of amides is 1. The Morgan fingerprint density at radius 3 is 2.56 bits per heavy atom. The van der Waals surface area contributed by atoms with Crippen molar-refractivity contribution in [3.05, 3.63) is 57.7 Å². The predicted octanol–water partition coefficient (Wildman–Crippen LogP) is 5.23. The van der Waals surface area contributed by atoms with Crippen LogP contribution in [0.1, 0.15) is 23.1 Å². The number of aryl methyl sites for hydroxylation is 1. The SMILES string of the molecule is CC(=O)Nc1ccc(C)c(-c2nnc(Cc3ccc4[nH]ncc4c3Cl)s2)c1.O=C(O)C(F)(F)F. The third-order valence-electron chi connectivity index (χ3n) is 4.48. The largest absolute Gasteiger partial charge is 0.490 e. The molecule has 8 nitrogen and oxygen atoms in total. The number of alkyl halides is 3. The van der Waals surface area contributed by atoms with Gasteiger partial charge in [-0.3, -0.25) is 9.89 Å². The molecule has 34 heavy (non-hydrogen) atoms. The number of carbonyl (C=O) groups excluding carboxylic acids is 1. The molecule has 2 heterocycles. The van der Waals surface area contributed by atoms with Crippen LogP contribution in [0.5, 0.6) is 0 Å².